The molecular weight excluding hydrogens is 226 g/mol. The van der Waals surface area contributed by atoms with E-state index in [4.69, 9.17) is 10.00 Å². The number of thiocyanates is 1. The van der Waals surface area contributed by atoms with Crippen molar-refractivity contribution in [3.8, 4) is 11.2 Å². The van der Waals surface area contributed by atoms with Crippen LogP contribution in [-0.4, -0.2) is 19.7 Å². The monoisotopic (exact) mass is 237 g/mol. The molecule has 1 aromatic carbocycles. The SMILES string of the molecule is COC(=O)COc1ccc(SC#N)cc1C. The van der Waals surface area contributed by atoms with Crippen molar-refractivity contribution in [2.75, 3.05) is 13.7 Å². The van der Waals surface area contributed by atoms with Gasteiger partial charge in [-0.2, -0.15) is 5.26 Å². The van der Waals surface area contributed by atoms with Gasteiger partial charge in [-0.3, -0.25) is 0 Å². The number of methoxy groups -OCH3 is 1. The molecule has 0 heterocycles. The summed E-state index contributed by atoms with van der Waals surface area (Å²) in [5.74, 6) is 0.197. The molecule has 5 heteroatoms. The van der Waals surface area contributed by atoms with Crippen molar-refractivity contribution in [3.05, 3.63) is 23.8 Å². The quantitative estimate of drug-likeness (QED) is 0.456. The van der Waals surface area contributed by atoms with E-state index in [2.05, 4.69) is 4.74 Å². The van der Waals surface area contributed by atoms with Gasteiger partial charge >= 0.3 is 5.97 Å². The number of esters is 1. The number of aryl methyl sites for hydroxylation is 1. The van der Waals surface area contributed by atoms with Gasteiger partial charge in [0.1, 0.15) is 11.2 Å². The van der Waals surface area contributed by atoms with Gasteiger partial charge in [0.25, 0.3) is 0 Å². The summed E-state index contributed by atoms with van der Waals surface area (Å²) in [7, 11) is 1.31. The van der Waals surface area contributed by atoms with E-state index < -0.39 is 5.97 Å². The van der Waals surface area contributed by atoms with Crippen molar-refractivity contribution in [2.45, 2.75) is 11.8 Å². The van der Waals surface area contributed by atoms with Crippen molar-refractivity contribution in [2.24, 2.45) is 0 Å². The van der Waals surface area contributed by atoms with Gasteiger partial charge in [0.15, 0.2) is 6.61 Å². The molecule has 0 amide bonds. The molecule has 0 saturated heterocycles. The Kier molecular flexibility index (Phi) is 4.67. The third-order valence-corrected chi connectivity index (χ3v) is 2.46. The minimum Gasteiger partial charge on any atom is -0.482 e. The van der Waals surface area contributed by atoms with Crippen LogP contribution in [-0.2, 0) is 9.53 Å². The molecule has 0 atom stereocenters. The Morgan fingerprint density at radius 1 is 1.56 bits per heavy atom. The first-order valence-electron chi connectivity index (χ1n) is 4.53. The third-order valence-electron chi connectivity index (χ3n) is 1.88. The number of carbonyl (C=O) groups is 1. The molecule has 0 saturated carbocycles. The van der Waals surface area contributed by atoms with Crippen molar-refractivity contribution in [3.63, 3.8) is 0 Å². The number of hydrogen-bond donors (Lipinski definition) is 0. The lowest BCUT2D eigenvalue weighted by Gasteiger charge is -2.08. The highest BCUT2D eigenvalue weighted by atomic mass is 32.2. The third kappa shape index (κ3) is 3.48. The highest BCUT2D eigenvalue weighted by Gasteiger charge is 2.05. The Hall–Kier alpha value is -1.67. The number of thioether (sulfide) groups is 1. The number of rotatable bonds is 4. The largest absolute Gasteiger partial charge is 0.482 e. The van der Waals surface area contributed by atoms with Crippen LogP contribution in [0.3, 0.4) is 0 Å². The molecule has 16 heavy (non-hydrogen) atoms. The summed E-state index contributed by atoms with van der Waals surface area (Å²) >= 11 is 1.09. The summed E-state index contributed by atoms with van der Waals surface area (Å²) in [6.45, 7) is 1.75. The molecular formula is C11H11NO3S. The molecule has 0 spiro atoms. The maximum Gasteiger partial charge on any atom is 0.343 e. The number of nitrogens with zero attached hydrogens (tertiary/aromatic N) is 1. The van der Waals surface area contributed by atoms with E-state index in [-0.39, 0.29) is 6.61 Å². The van der Waals surface area contributed by atoms with Gasteiger partial charge in [0.2, 0.25) is 0 Å². The fraction of sp³-hybridized carbons (Fsp3) is 0.273. The smallest absolute Gasteiger partial charge is 0.343 e. The predicted octanol–water partition coefficient (Wildman–Crippen LogP) is 2.12. The highest BCUT2D eigenvalue weighted by molar-refractivity contribution is 8.03. The van der Waals surface area contributed by atoms with Gasteiger partial charge in [-0.05, 0) is 42.4 Å². The fourth-order valence-electron chi connectivity index (χ4n) is 1.10. The van der Waals surface area contributed by atoms with E-state index in [1.807, 2.05) is 18.4 Å². The van der Waals surface area contributed by atoms with E-state index in [0.29, 0.717) is 5.75 Å². The number of hydrogen-bond acceptors (Lipinski definition) is 5. The maximum atomic E-state index is 10.9. The van der Waals surface area contributed by atoms with Crippen molar-refractivity contribution in [1.29, 1.82) is 5.26 Å². The number of ether oxygens (including phenoxy) is 2. The Morgan fingerprint density at radius 3 is 2.88 bits per heavy atom. The molecule has 1 rings (SSSR count). The van der Waals surface area contributed by atoms with E-state index in [1.165, 1.54) is 7.11 Å². The lowest BCUT2D eigenvalue weighted by Crippen LogP contribution is -2.12. The molecule has 0 aliphatic heterocycles. The zero-order chi connectivity index (χ0) is 12.0. The fourth-order valence-corrected chi connectivity index (χ4v) is 1.57. The zero-order valence-corrected chi connectivity index (χ0v) is 9.84. The Labute approximate surface area is 98.2 Å². The molecule has 0 fully saturated rings. The van der Waals surface area contributed by atoms with Crippen LogP contribution < -0.4 is 4.74 Å². The summed E-state index contributed by atoms with van der Waals surface area (Å²) in [5.41, 5.74) is 0.879. The van der Waals surface area contributed by atoms with Gasteiger partial charge < -0.3 is 9.47 Å². The molecule has 4 nitrogen and oxygen atoms in total. The van der Waals surface area contributed by atoms with E-state index in [9.17, 15) is 4.79 Å². The van der Waals surface area contributed by atoms with Gasteiger partial charge in [0.05, 0.1) is 7.11 Å². The second kappa shape index (κ2) is 6.03. The van der Waals surface area contributed by atoms with Crippen LogP contribution in [0.15, 0.2) is 23.1 Å². The Balaban J connectivity index is 2.68. The van der Waals surface area contributed by atoms with E-state index >= 15 is 0 Å². The van der Waals surface area contributed by atoms with Crippen LogP contribution in [0.5, 0.6) is 5.75 Å². The van der Waals surface area contributed by atoms with Crippen LogP contribution in [0.1, 0.15) is 5.56 Å². The molecule has 84 valence electrons. The molecule has 0 aliphatic rings. The average molecular weight is 237 g/mol. The van der Waals surface area contributed by atoms with E-state index in [1.54, 1.807) is 12.1 Å². The molecule has 0 unspecified atom stereocenters. The minimum atomic E-state index is -0.421. The first-order chi connectivity index (χ1) is 7.67. The molecule has 0 aromatic heterocycles. The highest BCUT2D eigenvalue weighted by Crippen LogP contribution is 2.24. The first-order valence-corrected chi connectivity index (χ1v) is 5.35. The van der Waals surface area contributed by atoms with E-state index in [0.717, 1.165) is 22.2 Å². The van der Waals surface area contributed by atoms with Crippen molar-refractivity contribution >= 4 is 17.7 Å². The maximum absolute atomic E-state index is 10.9. The van der Waals surface area contributed by atoms with Gasteiger partial charge in [0, 0.05) is 4.90 Å². The summed E-state index contributed by atoms with van der Waals surface area (Å²) in [5, 5.41) is 10.5. The van der Waals surface area contributed by atoms with Crippen LogP contribution in [0.25, 0.3) is 0 Å². The molecule has 0 aliphatic carbocycles. The predicted molar refractivity (Wildman–Crippen MR) is 60.2 cm³/mol. The summed E-state index contributed by atoms with van der Waals surface area (Å²) < 4.78 is 9.72. The number of carbonyl (C=O) groups excluding carboxylic acids is 1. The zero-order valence-electron chi connectivity index (χ0n) is 9.02. The van der Waals surface area contributed by atoms with Gasteiger partial charge in [-0.25, -0.2) is 4.79 Å². The second-order valence-corrected chi connectivity index (χ2v) is 3.84. The van der Waals surface area contributed by atoms with Crippen LogP contribution >= 0.6 is 11.8 Å². The van der Waals surface area contributed by atoms with Crippen molar-refractivity contribution < 1.29 is 14.3 Å². The first kappa shape index (κ1) is 12.4. The lowest BCUT2D eigenvalue weighted by molar-refractivity contribution is -0.142. The van der Waals surface area contributed by atoms with Gasteiger partial charge in [-0.15, -0.1) is 0 Å². The van der Waals surface area contributed by atoms with Gasteiger partial charge in [-0.1, -0.05) is 0 Å². The molecule has 0 N–H and O–H groups in total. The standard InChI is InChI=1S/C11H11NO3S/c1-8-5-9(16-7-12)3-4-10(8)15-6-11(13)14-2/h3-5H,6H2,1-2H3. The number of benzene rings is 1. The topological polar surface area (TPSA) is 59.3 Å². The lowest BCUT2D eigenvalue weighted by atomic mass is 10.2. The van der Waals surface area contributed by atoms with Crippen LogP contribution in [0.4, 0.5) is 0 Å². The summed E-state index contributed by atoms with van der Waals surface area (Å²) in [6.07, 6.45) is 0. The molecule has 0 radical (unpaired) electrons. The molecule has 1 aromatic rings. The van der Waals surface area contributed by atoms with Crippen LogP contribution in [0.2, 0.25) is 0 Å². The number of nitriles is 1. The van der Waals surface area contributed by atoms with Crippen LogP contribution in [0, 0.1) is 17.6 Å². The Morgan fingerprint density at radius 2 is 2.31 bits per heavy atom. The Bertz CT molecular complexity index is 426. The summed E-state index contributed by atoms with van der Waals surface area (Å²) in [4.78, 5) is 11.7. The molecule has 0 bridgehead atoms. The van der Waals surface area contributed by atoms with Crippen molar-refractivity contribution in [1.82, 2.24) is 0 Å². The summed E-state index contributed by atoms with van der Waals surface area (Å²) in [6, 6.07) is 5.34. The average Bonchev–Trinajstić information content (AvgIpc) is 2.28. The minimum absolute atomic E-state index is 0.109. The second-order valence-electron chi connectivity index (χ2n) is 2.99. The normalized spacial score (nSPS) is 9.31.